The lowest BCUT2D eigenvalue weighted by Crippen LogP contribution is -2.21. The summed E-state index contributed by atoms with van der Waals surface area (Å²) in [5.74, 6) is -0.200. The molecule has 1 heterocycles. The van der Waals surface area contributed by atoms with Crippen molar-refractivity contribution in [1.82, 2.24) is 15.0 Å². The van der Waals surface area contributed by atoms with E-state index in [0.29, 0.717) is 19.2 Å². The molecule has 2 N–H and O–H groups in total. The molecule has 0 saturated heterocycles. The molecule has 0 unspecified atom stereocenters. The third-order valence-corrected chi connectivity index (χ3v) is 3.68. The van der Waals surface area contributed by atoms with Crippen molar-refractivity contribution in [3.05, 3.63) is 60.2 Å². The van der Waals surface area contributed by atoms with Crippen LogP contribution in [-0.4, -0.2) is 33.8 Å². The van der Waals surface area contributed by atoms with Crippen LogP contribution in [0.5, 0.6) is 11.8 Å². The molecule has 0 saturated carbocycles. The van der Waals surface area contributed by atoms with Gasteiger partial charge in [-0.3, -0.25) is 0 Å². The minimum Gasteiger partial charge on any atom is -0.454 e. The van der Waals surface area contributed by atoms with Gasteiger partial charge in [0.2, 0.25) is 11.9 Å². The molecule has 0 bridgehead atoms. The number of benzene rings is 2. The molecule has 0 amide bonds. The van der Waals surface area contributed by atoms with Gasteiger partial charge in [-0.15, -0.1) is 0 Å². The summed E-state index contributed by atoms with van der Waals surface area (Å²) in [6.45, 7) is -0.664. The van der Waals surface area contributed by atoms with Crippen molar-refractivity contribution in [3.8, 4) is 11.8 Å². The molecular weight excluding hydrogens is 437 g/mol. The van der Waals surface area contributed by atoms with E-state index in [1.165, 1.54) is 24.3 Å². The van der Waals surface area contributed by atoms with Gasteiger partial charge >= 0.3 is 18.3 Å². The standard InChI is InChI=1S/C20H18F5N5O2/c1-19(21,22)32-15-9-7-14(8-10-15)27-17-28-16(26-11-13-5-3-2-4-6-13)29-18(30-17)31-12-20(23,24)25/h2-10H,11-12H2,1H3,(H2,26,27,28,29,30). The first kappa shape index (κ1) is 23.0. The minimum atomic E-state index is -4.57. The lowest BCUT2D eigenvalue weighted by molar-refractivity contribution is -0.159. The second kappa shape index (κ2) is 9.62. The van der Waals surface area contributed by atoms with Crippen LogP contribution in [0.4, 0.5) is 39.5 Å². The van der Waals surface area contributed by atoms with E-state index in [1.54, 1.807) is 0 Å². The number of alkyl halides is 5. The number of aromatic nitrogens is 3. The molecular formula is C20H18F5N5O2. The highest BCUT2D eigenvalue weighted by Crippen LogP contribution is 2.24. The molecule has 1 aromatic heterocycles. The maximum Gasteiger partial charge on any atom is 0.422 e. The Labute approximate surface area is 179 Å². The van der Waals surface area contributed by atoms with Gasteiger partial charge in [-0.25, -0.2) is 0 Å². The van der Waals surface area contributed by atoms with Gasteiger partial charge in [0.25, 0.3) is 0 Å². The van der Waals surface area contributed by atoms with Crippen molar-refractivity contribution < 1.29 is 31.4 Å². The van der Waals surface area contributed by atoms with Crippen molar-refractivity contribution in [1.29, 1.82) is 0 Å². The van der Waals surface area contributed by atoms with E-state index >= 15 is 0 Å². The fourth-order valence-electron chi connectivity index (χ4n) is 2.42. The van der Waals surface area contributed by atoms with Gasteiger partial charge in [-0.2, -0.15) is 36.9 Å². The Balaban J connectivity index is 1.76. The third-order valence-electron chi connectivity index (χ3n) is 3.68. The molecule has 0 spiro atoms. The van der Waals surface area contributed by atoms with Crippen LogP contribution in [0, 0.1) is 0 Å². The van der Waals surface area contributed by atoms with E-state index in [1.807, 2.05) is 30.3 Å². The summed E-state index contributed by atoms with van der Waals surface area (Å²) in [6.07, 6.45) is -7.91. The monoisotopic (exact) mass is 455 g/mol. The lowest BCUT2D eigenvalue weighted by Gasteiger charge is -2.14. The fraction of sp³-hybridized carbons (Fsp3) is 0.250. The number of nitrogens with one attached hydrogen (secondary N) is 2. The zero-order chi connectivity index (χ0) is 23.2. The molecule has 0 fully saturated rings. The van der Waals surface area contributed by atoms with Crippen LogP contribution in [0.1, 0.15) is 12.5 Å². The molecule has 2 aromatic carbocycles. The van der Waals surface area contributed by atoms with E-state index in [0.717, 1.165) is 5.56 Å². The molecule has 0 aliphatic heterocycles. The highest BCUT2D eigenvalue weighted by atomic mass is 19.4. The number of hydrogen-bond donors (Lipinski definition) is 2. The van der Waals surface area contributed by atoms with Gasteiger partial charge in [-0.05, 0) is 29.8 Å². The van der Waals surface area contributed by atoms with E-state index in [4.69, 9.17) is 0 Å². The second-order valence-electron chi connectivity index (χ2n) is 6.57. The highest BCUT2D eigenvalue weighted by Gasteiger charge is 2.29. The summed E-state index contributed by atoms with van der Waals surface area (Å²) < 4.78 is 72.5. The zero-order valence-electron chi connectivity index (χ0n) is 16.7. The summed E-state index contributed by atoms with van der Waals surface area (Å²) in [5.41, 5.74) is 1.27. The highest BCUT2D eigenvalue weighted by molar-refractivity contribution is 5.55. The third kappa shape index (κ3) is 7.85. The predicted molar refractivity (Wildman–Crippen MR) is 106 cm³/mol. The SMILES string of the molecule is CC(F)(F)Oc1ccc(Nc2nc(NCc3ccccc3)nc(OCC(F)(F)F)n2)cc1. The quantitative estimate of drug-likeness (QED) is 0.432. The fourth-order valence-corrected chi connectivity index (χ4v) is 2.42. The smallest absolute Gasteiger partial charge is 0.422 e. The zero-order valence-corrected chi connectivity index (χ0v) is 16.7. The topological polar surface area (TPSA) is 81.2 Å². The van der Waals surface area contributed by atoms with E-state index < -0.39 is 24.9 Å². The van der Waals surface area contributed by atoms with Crippen molar-refractivity contribution in [2.75, 3.05) is 17.2 Å². The first-order valence-corrected chi connectivity index (χ1v) is 9.23. The number of nitrogens with zero attached hydrogens (tertiary/aromatic N) is 3. The second-order valence-corrected chi connectivity index (χ2v) is 6.57. The van der Waals surface area contributed by atoms with Gasteiger partial charge < -0.3 is 20.1 Å². The van der Waals surface area contributed by atoms with Crippen LogP contribution < -0.4 is 20.1 Å². The molecule has 0 radical (unpaired) electrons. The number of ether oxygens (including phenoxy) is 2. The Morgan fingerprint density at radius 2 is 1.50 bits per heavy atom. The first-order valence-electron chi connectivity index (χ1n) is 9.23. The molecule has 0 aliphatic rings. The van der Waals surface area contributed by atoms with Crippen LogP contribution in [-0.2, 0) is 6.54 Å². The van der Waals surface area contributed by atoms with E-state index in [-0.39, 0.29) is 17.6 Å². The van der Waals surface area contributed by atoms with Crippen LogP contribution in [0.15, 0.2) is 54.6 Å². The average molecular weight is 455 g/mol. The van der Waals surface area contributed by atoms with Crippen LogP contribution in [0.25, 0.3) is 0 Å². The molecule has 170 valence electrons. The number of halogens is 5. The molecule has 12 heteroatoms. The summed E-state index contributed by atoms with van der Waals surface area (Å²) >= 11 is 0. The number of rotatable bonds is 9. The van der Waals surface area contributed by atoms with Crippen molar-refractivity contribution >= 4 is 17.6 Å². The Kier molecular flexibility index (Phi) is 6.91. The number of anilines is 3. The lowest BCUT2D eigenvalue weighted by atomic mass is 10.2. The molecule has 7 nitrogen and oxygen atoms in total. The van der Waals surface area contributed by atoms with Crippen molar-refractivity contribution in [3.63, 3.8) is 0 Å². The Morgan fingerprint density at radius 1 is 0.844 bits per heavy atom. The molecule has 32 heavy (non-hydrogen) atoms. The van der Waals surface area contributed by atoms with Crippen molar-refractivity contribution in [2.24, 2.45) is 0 Å². The predicted octanol–water partition coefficient (Wildman–Crippen LogP) is 5.16. The van der Waals surface area contributed by atoms with Gasteiger partial charge in [0.05, 0.1) is 0 Å². The summed E-state index contributed by atoms with van der Waals surface area (Å²) in [6, 6.07) is 14.1. The maximum atomic E-state index is 12.9. The maximum absolute atomic E-state index is 12.9. The normalized spacial score (nSPS) is 11.7. The van der Waals surface area contributed by atoms with E-state index in [2.05, 4.69) is 35.1 Å². The Morgan fingerprint density at radius 3 is 2.12 bits per heavy atom. The van der Waals surface area contributed by atoms with Gasteiger partial charge in [-0.1, -0.05) is 30.3 Å². The van der Waals surface area contributed by atoms with Gasteiger partial charge in [0, 0.05) is 19.2 Å². The van der Waals surface area contributed by atoms with E-state index in [9.17, 15) is 22.0 Å². The van der Waals surface area contributed by atoms with Crippen LogP contribution in [0.3, 0.4) is 0 Å². The summed E-state index contributed by atoms with van der Waals surface area (Å²) in [5, 5.41) is 5.66. The Bertz CT molecular complexity index is 1010. The molecule has 0 aliphatic carbocycles. The number of hydrogen-bond acceptors (Lipinski definition) is 7. The molecule has 3 rings (SSSR count). The largest absolute Gasteiger partial charge is 0.454 e. The van der Waals surface area contributed by atoms with Gasteiger partial charge in [0.15, 0.2) is 6.61 Å². The Hall–Kier alpha value is -3.70. The summed E-state index contributed by atoms with van der Waals surface area (Å²) in [7, 11) is 0. The first-order chi connectivity index (χ1) is 15.1. The minimum absolute atomic E-state index is 0.0193. The van der Waals surface area contributed by atoms with Crippen molar-refractivity contribution in [2.45, 2.75) is 25.8 Å². The average Bonchev–Trinajstić information content (AvgIpc) is 2.71. The van der Waals surface area contributed by atoms with Crippen LogP contribution >= 0.6 is 0 Å². The van der Waals surface area contributed by atoms with Crippen LogP contribution in [0.2, 0.25) is 0 Å². The summed E-state index contributed by atoms with van der Waals surface area (Å²) in [4.78, 5) is 11.8. The van der Waals surface area contributed by atoms with Gasteiger partial charge in [0.1, 0.15) is 5.75 Å². The molecule has 0 atom stereocenters. The molecule has 3 aromatic rings.